The van der Waals surface area contributed by atoms with Crippen molar-refractivity contribution in [2.75, 3.05) is 5.73 Å². The molecule has 2 aromatic rings. The molecule has 4 nitrogen and oxygen atoms in total. The van der Waals surface area contributed by atoms with E-state index in [-0.39, 0.29) is 0 Å². The molecule has 0 saturated heterocycles. The third-order valence-electron chi connectivity index (χ3n) is 3.44. The minimum atomic E-state index is 0.452. The molecule has 1 aliphatic rings. The average Bonchev–Trinajstić information content (AvgIpc) is 2.63. The fraction of sp³-hybridized carbons (Fsp3) is 0.385. The third kappa shape index (κ3) is 2.30. The molecule has 0 radical (unpaired) electrons. The molecule has 0 fully saturated rings. The molecule has 6 heteroatoms. The van der Waals surface area contributed by atoms with Crippen molar-refractivity contribution >= 4 is 28.9 Å². The van der Waals surface area contributed by atoms with Crippen LogP contribution in [0.4, 0.5) is 5.69 Å². The normalized spacial score (nSPS) is 15.1. The van der Waals surface area contributed by atoms with Crippen molar-refractivity contribution in [3.05, 3.63) is 28.0 Å². The maximum Gasteiger partial charge on any atom is 0.166 e. The number of halogens is 2. The van der Waals surface area contributed by atoms with Crippen LogP contribution in [0.3, 0.4) is 0 Å². The Morgan fingerprint density at radius 2 is 1.95 bits per heavy atom. The largest absolute Gasteiger partial charge is 0.397 e. The van der Waals surface area contributed by atoms with Crippen LogP contribution in [-0.4, -0.2) is 14.8 Å². The summed E-state index contributed by atoms with van der Waals surface area (Å²) in [5.41, 5.74) is 7.31. The quantitative estimate of drug-likeness (QED) is 0.819. The predicted octanol–water partition coefficient (Wildman–Crippen LogP) is 3.56. The van der Waals surface area contributed by atoms with Crippen LogP contribution in [0.1, 0.15) is 25.1 Å². The number of nitrogen functional groups attached to an aromatic ring is 1. The predicted molar refractivity (Wildman–Crippen MR) is 77.4 cm³/mol. The lowest BCUT2D eigenvalue weighted by atomic mass is 10.1. The summed E-state index contributed by atoms with van der Waals surface area (Å²) >= 11 is 12.1. The highest BCUT2D eigenvalue weighted by Crippen LogP contribution is 2.34. The van der Waals surface area contributed by atoms with Crippen molar-refractivity contribution in [1.82, 2.24) is 14.8 Å². The van der Waals surface area contributed by atoms with E-state index in [4.69, 9.17) is 28.9 Å². The molecule has 0 saturated carbocycles. The minimum Gasteiger partial charge on any atom is -0.397 e. The molecular weight excluding hydrogens is 283 g/mol. The van der Waals surface area contributed by atoms with Gasteiger partial charge in [0.15, 0.2) is 5.82 Å². The van der Waals surface area contributed by atoms with Crippen LogP contribution < -0.4 is 5.73 Å². The molecule has 100 valence electrons. The highest BCUT2D eigenvalue weighted by Gasteiger charge is 2.19. The van der Waals surface area contributed by atoms with Gasteiger partial charge in [0.1, 0.15) is 5.82 Å². The highest BCUT2D eigenvalue weighted by atomic mass is 35.5. The number of nitrogens with zero attached hydrogens (tertiary/aromatic N) is 3. The van der Waals surface area contributed by atoms with E-state index in [1.807, 2.05) is 0 Å². The van der Waals surface area contributed by atoms with Gasteiger partial charge in [-0.15, -0.1) is 10.2 Å². The van der Waals surface area contributed by atoms with Gasteiger partial charge in [-0.25, -0.2) is 0 Å². The lowest BCUT2D eigenvalue weighted by Crippen LogP contribution is -2.04. The lowest BCUT2D eigenvalue weighted by molar-refractivity contribution is 0.637. The first-order chi connectivity index (χ1) is 9.16. The Balaban J connectivity index is 2.15. The van der Waals surface area contributed by atoms with Crippen LogP contribution in [0.2, 0.25) is 10.0 Å². The number of aromatic nitrogens is 3. The number of benzene rings is 1. The van der Waals surface area contributed by atoms with Gasteiger partial charge in [0.2, 0.25) is 0 Å². The molecule has 0 atom stereocenters. The molecule has 19 heavy (non-hydrogen) atoms. The molecule has 3 rings (SSSR count). The summed E-state index contributed by atoms with van der Waals surface area (Å²) in [5.74, 6) is 1.78. The molecule has 2 heterocycles. The summed E-state index contributed by atoms with van der Waals surface area (Å²) in [4.78, 5) is 0. The van der Waals surface area contributed by atoms with E-state index in [0.29, 0.717) is 15.7 Å². The lowest BCUT2D eigenvalue weighted by Gasteiger charge is -2.10. The summed E-state index contributed by atoms with van der Waals surface area (Å²) in [7, 11) is 0. The first-order valence-corrected chi connectivity index (χ1v) is 7.09. The number of rotatable bonds is 1. The number of fused-ring (bicyclic) bond motifs is 1. The fourth-order valence-corrected chi connectivity index (χ4v) is 2.95. The number of aryl methyl sites for hydroxylation is 1. The molecule has 2 N–H and O–H groups in total. The van der Waals surface area contributed by atoms with Gasteiger partial charge in [0.05, 0.1) is 10.7 Å². The van der Waals surface area contributed by atoms with Gasteiger partial charge in [-0.1, -0.05) is 29.6 Å². The summed E-state index contributed by atoms with van der Waals surface area (Å²) in [6, 6.07) is 3.44. The van der Waals surface area contributed by atoms with Crippen LogP contribution in [-0.2, 0) is 13.0 Å². The Bertz CT molecular complexity index is 621. The molecule has 0 aliphatic carbocycles. The second kappa shape index (κ2) is 5.02. The van der Waals surface area contributed by atoms with Gasteiger partial charge >= 0.3 is 0 Å². The van der Waals surface area contributed by atoms with Crippen molar-refractivity contribution < 1.29 is 0 Å². The maximum atomic E-state index is 6.08. The van der Waals surface area contributed by atoms with Gasteiger partial charge in [0, 0.05) is 23.6 Å². The van der Waals surface area contributed by atoms with Crippen molar-refractivity contribution in [3.63, 3.8) is 0 Å². The Kier molecular flexibility index (Phi) is 3.37. The summed E-state index contributed by atoms with van der Waals surface area (Å²) in [6.45, 7) is 0.918. The number of hydrogen-bond donors (Lipinski definition) is 1. The highest BCUT2D eigenvalue weighted by molar-refractivity contribution is 6.37. The van der Waals surface area contributed by atoms with Crippen molar-refractivity contribution in [1.29, 1.82) is 0 Å². The molecule has 0 bridgehead atoms. The van der Waals surface area contributed by atoms with Crippen molar-refractivity contribution in [2.45, 2.75) is 32.2 Å². The zero-order valence-corrected chi connectivity index (χ0v) is 11.9. The van der Waals surface area contributed by atoms with Crippen LogP contribution in [0, 0.1) is 0 Å². The molecule has 0 unspecified atom stereocenters. The Morgan fingerprint density at radius 3 is 2.79 bits per heavy atom. The monoisotopic (exact) mass is 296 g/mol. The second-order valence-corrected chi connectivity index (χ2v) is 5.59. The van der Waals surface area contributed by atoms with Crippen LogP contribution in [0.25, 0.3) is 11.4 Å². The number of nitrogens with two attached hydrogens (primary N) is 1. The van der Waals surface area contributed by atoms with Crippen molar-refractivity contribution in [2.24, 2.45) is 0 Å². The van der Waals surface area contributed by atoms with Crippen LogP contribution >= 0.6 is 23.2 Å². The SMILES string of the molecule is Nc1c(Cl)cc(Cl)cc1-c1nnc2n1CCCCC2. The van der Waals surface area contributed by atoms with E-state index in [2.05, 4.69) is 14.8 Å². The Hall–Kier alpha value is -1.26. The molecular formula is C13H14Cl2N4. The summed E-state index contributed by atoms with van der Waals surface area (Å²) < 4.78 is 2.13. The van der Waals surface area contributed by atoms with Gasteiger partial charge in [-0.3, -0.25) is 0 Å². The van der Waals surface area contributed by atoms with Crippen molar-refractivity contribution in [3.8, 4) is 11.4 Å². The molecule has 0 amide bonds. The molecule has 1 aliphatic heterocycles. The zero-order chi connectivity index (χ0) is 13.4. The fourth-order valence-electron chi connectivity index (χ4n) is 2.45. The molecule has 1 aromatic carbocycles. The Morgan fingerprint density at radius 1 is 1.11 bits per heavy atom. The number of hydrogen-bond acceptors (Lipinski definition) is 3. The zero-order valence-electron chi connectivity index (χ0n) is 10.4. The summed E-state index contributed by atoms with van der Waals surface area (Å²) in [5, 5.41) is 9.54. The van der Waals surface area contributed by atoms with E-state index in [9.17, 15) is 0 Å². The second-order valence-electron chi connectivity index (χ2n) is 4.75. The van der Waals surface area contributed by atoms with Crippen LogP contribution in [0.15, 0.2) is 12.1 Å². The first-order valence-electron chi connectivity index (χ1n) is 6.34. The van der Waals surface area contributed by atoms with E-state index < -0.39 is 0 Å². The van der Waals surface area contributed by atoms with Crippen LogP contribution in [0.5, 0.6) is 0 Å². The average molecular weight is 297 g/mol. The molecule has 1 aromatic heterocycles. The topological polar surface area (TPSA) is 56.7 Å². The standard InChI is InChI=1S/C13H14Cl2N4/c14-8-6-9(12(16)10(15)7-8)13-18-17-11-4-2-1-3-5-19(11)13/h6-7H,1-5,16H2. The van der Waals surface area contributed by atoms with Gasteiger partial charge in [0.25, 0.3) is 0 Å². The number of anilines is 1. The van der Waals surface area contributed by atoms with Gasteiger partial charge < -0.3 is 10.3 Å². The van der Waals surface area contributed by atoms with Gasteiger partial charge in [-0.2, -0.15) is 0 Å². The minimum absolute atomic E-state index is 0.452. The first kappa shape index (κ1) is 12.8. The van der Waals surface area contributed by atoms with Gasteiger partial charge in [-0.05, 0) is 25.0 Å². The van der Waals surface area contributed by atoms with E-state index in [1.165, 1.54) is 6.42 Å². The maximum absolute atomic E-state index is 6.08. The van der Waals surface area contributed by atoms with E-state index in [0.717, 1.165) is 43.0 Å². The Labute approximate surface area is 121 Å². The molecule has 0 spiro atoms. The van der Waals surface area contributed by atoms with E-state index in [1.54, 1.807) is 12.1 Å². The third-order valence-corrected chi connectivity index (χ3v) is 3.98. The summed E-state index contributed by atoms with van der Waals surface area (Å²) in [6.07, 6.45) is 4.46. The smallest absolute Gasteiger partial charge is 0.166 e. The van der Waals surface area contributed by atoms with E-state index >= 15 is 0 Å².